The van der Waals surface area contributed by atoms with E-state index in [1.165, 1.54) is 19.3 Å². The zero-order valence-corrected chi connectivity index (χ0v) is 7.86. The number of H-pyrrole nitrogens is 1. The van der Waals surface area contributed by atoms with Gasteiger partial charge < -0.3 is 9.55 Å². The molecule has 0 atom stereocenters. The predicted molar refractivity (Wildman–Crippen MR) is 55.4 cm³/mol. The van der Waals surface area contributed by atoms with Gasteiger partial charge in [0.25, 0.3) is 5.56 Å². The Balaban J connectivity index is 2.28. The lowest BCUT2D eigenvalue weighted by atomic mass is 9.93. The molecular formula is C11H12N2O. The van der Waals surface area contributed by atoms with Crippen LogP contribution in [0.5, 0.6) is 0 Å². The number of hydrogen-bond donors (Lipinski definition) is 1. The average Bonchev–Trinajstić information content (AvgIpc) is 2.47. The van der Waals surface area contributed by atoms with Gasteiger partial charge in [-0.15, -0.1) is 0 Å². The first-order valence-corrected chi connectivity index (χ1v) is 5.04. The summed E-state index contributed by atoms with van der Waals surface area (Å²) in [6, 6.07) is 4.52. The van der Waals surface area contributed by atoms with Crippen LogP contribution in [0, 0.1) is 0 Å². The average molecular weight is 188 g/mol. The summed E-state index contributed by atoms with van der Waals surface area (Å²) in [5.74, 6) is 0. The van der Waals surface area contributed by atoms with Gasteiger partial charge in [-0.25, -0.2) is 0 Å². The largest absolute Gasteiger partial charge is 0.340 e. The van der Waals surface area contributed by atoms with Crippen molar-refractivity contribution in [2.24, 2.45) is 0 Å². The van der Waals surface area contributed by atoms with Gasteiger partial charge in [0, 0.05) is 23.8 Å². The minimum atomic E-state index is 0.0272. The topological polar surface area (TPSA) is 37.8 Å². The number of pyridine rings is 1. The maximum absolute atomic E-state index is 11.6. The lowest BCUT2D eigenvalue weighted by molar-refractivity contribution is 0.321. The van der Waals surface area contributed by atoms with Crippen LogP contribution in [0.15, 0.2) is 29.3 Å². The normalized spacial score (nSPS) is 17.1. The van der Waals surface area contributed by atoms with Crippen molar-refractivity contribution in [1.29, 1.82) is 0 Å². The first-order chi connectivity index (χ1) is 6.86. The SMILES string of the molecule is O=c1[nH]ccc2ccn(C3CCC3)c12. The second-order valence-corrected chi connectivity index (χ2v) is 3.92. The molecule has 1 fully saturated rings. The van der Waals surface area contributed by atoms with Gasteiger partial charge in [0.2, 0.25) is 0 Å². The van der Waals surface area contributed by atoms with Crippen molar-refractivity contribution in [2.45, 2.75) is 25.3 Å². The molecule has 3 heteroatoms. The summed E-state index contributed by atoms with van der Waals surface area (Å²) in [6.45, 7) is 0. The van der Waals surface area contributed by atoms with E-state index in [4.69, 9.17) is 0 Å². The quantitative estimate of drug-likeness (QED) is 0.730. The minimum Gasteiger partial charge on any atom is -0.340 e. The van der Waals surface area contributed by atoms with E-state index in [0.29, 0.717) is 6.04 Å². The van der Waals surface area contributed by atoms with Crippen molar-refractivity contribution in [3.8, 4) is 0 Å². The first-order valence-electron chi connectivity index (χ1n) is 5.04. The maximum atomic E-state index is 11.6. The van der Waals surface area contributed by atoms with Crippen molar-refractivity contribution in [3.05, 3.63) is 34.9 Å². The molecule has 0 aromatic carbocycles. The molecule has 1 N–H and O–H groups in total. The molecule has 72 valence electrons. The highest BCUT2D eigenvalue weighted by atomic mass is 16.1. The molecule has 2 aromatic rings. The number of aromatic nitrogens is 2. The molecule has 0 amide bonds. The van der Waals surface area contributed by atoms with E-state index in [2.05, 4.69) is 9.55 Å². The number of aromatic amines is 1. The van der Waals surface area contributed by atoms with Crippen LogP contribution in [0.2, 0.25) is 0 Å². The van der Waals surface area contributed by atoms with E-state index in [9.17, 15) is 4.79 Å². The lowest BCUT2D eigenvalue weighted by Gasteiger charge is -2.27. The van der Waals surface area contributed by atoms with Crippen LogP contribution in [-0.4, -0.2) is 9.55 Å². The Labute approximate surface area is 81.4 Å². The zero-order chi connectivity index (χ0) is 9.54. The summed E-state index contributed by atoms with van der Waals surface area (Å²) in [6.07, 6.45) is 7.44. The number of nitrogens with one attached hydrogen (secondary N) is 1. The van der Waals surface area contributed by atoms with Gasteiger partial charge in [-0.3, -0.25) is 4.79 Å². The Kier molecular flexibility index (Phi) is 1.54. The summed E-state index contributed by atoms with van der Waals surface area (Å²) < 4.78 is 2.12. The van der Waals surface area contributed by atoms with Gasteiger partial charge in [0.05, 0.1) is 0 Å². The van der Waals surface area contributed by atoms with Crippen molar-refractivity contribution < 1.29 is 0 Å². The molecule has 2 aromatic heterocycles. The van der Waals surface area contributed by atoms with Crippen molar-refractivity contribution in [1.82, 2.24) is 9.55 Å². The zero-order valence-electron chi connectivity index (χ0n) is 7.86. The maximum Gasteiger partial charge on any atom is 0.272 e. The smallest absolute Gasteiger partial charge is 0.272 e. The number of fused-ring (bicyclic) bond motifs is 1. The summed E-state index contributed by atoms with van der Waals surface area (Å²) in [5, 5.41) is 1.04. The highest BCUT2D eigenvalue weighted by molar-refractivity contribution is 5.78. The third-order valence-corrected chi connectivity index (χ3v) is 3.11. The van der Waals surface area contributed by atoms with Crippen LogP contribution in [0.4, 0.5) is 0 Å². The number of hydrogen-bond acceptors (Lipinski definition) is 1. The Hall–Kier alpha value is -1.51. The van der Waals surface area contributed by atoms with Gasteiger partial charge in [-0.05, 0) is 31.4 Å². The molecule has 3 nitrogen and oxygen atoms in total. The molecule has 2 heterocycles. The van der Waals surface area contributed by atoms with E-state index in [-0.39, 0.29) is 5.56 Å². The van der Waals surface area contributed by atoms with Crippen LogP contribution in [0.25, 0.3) is 10.9 Å². The van der Waals surface area contributed by atoms with E-state index in [1.807, 2.05) is 18.3 Å². The van der Waals surface area contributed by atoms with Crippen molar-refractivity contribution >= 4 is 10.9 Å². The molecular weight excluding hydrogens is 176 g/mol. The minimum absolute atomic E-state index is 0.0272. The molecule has 0 aliphatic heterocycles. The molecule has 3 rings (SSSR count). The molecule has 1 aliphatic carbocycles. The Morgan fingerprint density at radius 3 is 2.93 bits per heavy atom. The Morgan fingerprint density at radius 1 is 1.36 bits per heavy atom. The van der Waals surface area contributed by atoms with E-state index < -0.39 is 0 Å². The van der Waals surface area contributed by atoms with E-state index in [1.54, 1.807) is 6.20 Å². The second-order valence-electron chi connectivity index (χ2n) is 3.92. The van der Waals surface area contributed by atoms with Crippen molar-refractivity contribution in [3.63, 3.8) is 0 Å². The highest BCUT2D eigenvalue weighted by Crippen LogP contribution is 2.33. The second kappa shape index (κ2) is 2.74. The summed E-state index contributed by atoms with van der Waals surface area (Å²) in [4.78, 5) is 14.4. The molecule has 0 saturated heterocycles. The first kappa shape index (κ1) is 7.85. The van der Waals surface area contributed by atoms with Gasteiger partial charge in [-0.1, -0.05) is 0 Å². The third-order valence-electron chi connectivity index (χ3n) is 3.11. The van der Waals surface area contributed by atoms with Gasteiger partial charge in [-0.2, -0.15) is 0 Å². The molecule has 0 spiro atoms. The fraction of sp³-hybridized carbons (Fsp3) is 0.364. The molecule has 14 heavy (non-hydrogen) atoms. The molecule has 1 aliphatic rings. The Bertz CT molecular complexity index is 519. The van der Waals surface area contributed by atoms with Gasteiger partial charge in [0.15, 0.2) is 0 Å². The van der Waals surface area contributed by atoms with Crippen LogP contribution >= 0.6 is 0 Å². The van der Waals surface area contributed by atoms with Crippen LogP contribution in [0.3, 0.4) is 0 Å². The summed E-state index contributed by atoms with van der Waals surface area (Å²) in [5.41, 5.74) is 0.858. The van der Waals surface area contributed by atoms with E-state index >= 15 is 0 Å². The van der Waals surface area contributed by atoms with Gasteiger partial charge >= 0.3 is 0 Å². The predicted octanol–water partition coefficient (Wildman–Crippen LogP) is 2.05. The number of nitrogens with zero attached hydrogens (tertiary/aromatic N) is 1. The summed E-state index contributed by atoms with van der Waals surface area (Å²) in [7, 11) is 0. The summed E-state index contributed by atoms with van der Waals surface area (Å²) >= 11 is 0. The molecule has 0 unspecified atom stereocenters. The Morgan fingerprint density at radius 2 is 2.21 bits per heavy atom. The third kappa shape index (κ3) is 0.953. The van der Waals surface area contributed by atoms with E-state index in [0.717, 1.165) is 10.9 Å². The fourth-order valence-electron chi connectivity index (χ4n) is 2.09. The van der Waals surface area contributed by atoms with Crippen LogP contribution in [-0.2, 0) is 0 Å². The van der Waals surface area contributed by atoms with Crippen LogP contribution in [0.1, 0.15) is 25.3 Å². The molecule has 0 radical (unpaired) electrons. The monoisotopic (exact) mass is 188 g/mol. The highest BCUT2D eigenvalue weighted by Gasteiger charge is 2.21. The molecule has 0 bridgehead atoms. The standard InChI is InChI=1S/C11H12N2O/c14-11-10-8(4-6-12-11)5-7-13(10)9-2-1-3-9/h4-7,9H,1-3H2,(H,12,14). The van der Waals surface area contributed by atoms with Crippen molar-refractivity contribution in [2.75, 3.05) is 0 Å². The molecule has 1 saturated carbocycles. The fourth-order valence-corrected chi connectivity index (χ4v) is 2.09. The lowest BCUT2D eigenvalue weighted by Crippen LogP contribution is -2.19. The number of rotatable bonds is 1. The van der Waals surface area contributed by atoms with Gasteiger partial charge in [0.1, 0.15) is 5.52 Å². The van der Waals surface area contributed by atoms with Crippen LogP contribution < -0.4 is 5.56 Å².